The number of nitrogens with one attached hydrogen (secondary N) is 1. The molecule has 1 aliphatic rings. The number of ether oxygens (including phenoxy) is 1. The van der Waals surface area contributed by atoms with E-state index >= 15 is 0 Å². The lowest BCUT2D eigenvalue weighted by atomic mass is 10.1. The van der Waals surface area contributed by atoms with Crippen LogP contribution in [0.3, 0.4) is 0 Å². The SMILES string of the molecule is COc1ccc(CN(C)C)cc1NCC1CCSC1. The first-order valence-corrected chi connectivity index (χ1v) is 7.97. The molecule has 0 aliphatic carbocycles. The van der Waals surface area contributed by atoms with Gasteiger partial charge < -0.3 is 15.0 Å². The van der Waals surface area contributed by atoms with Crippen LogP contribution in [0, 0.1) is 5.92 Å². The van der Waals surface area contributed by atoms with E-state index in [1.807, 2.05) is 0 Å². The van der Waals surface area contributed by atoms with Gasteiger partial charge in [0.1, 0.15) is 5.75 Å². The Labute approximate surface area is 120 Å². The number of hydrogen-bond acceptors (Lipinski definition) is 4. The topological polar surface area (TPSA) is 24.5 Å². The first-order chi connectivity index (χ1) is 9.19. The average Bonchev–Trinajstić information content (AvgIpc) is 2.89. The number of methoxy groups -OCH3 is 1. The van der Waals surface area contributed by atoms with E-state index in [4.69, 9.17) is 4.74 Å². The number of rotatable bonds is 6. The largest absolute Gasteiger partial charge is 0.495 e. The predicted molar refractivity (Wildman–Crippen MR) is 84.3 cm³/mol. The molecule has 1 aromatic carbocycles. The molecule has 1 aromatic rings. The summed E-state index contributed by atoms with van der Waals surface area (Å²) in [6.45, 7) is 2.01. The number of nitrogens with zero attached hydrogens (tertiary/aromatic N) is 1. The molecule has 1 atom stereocenters. The normalized spacial score (nSPS) is 18.8. The lowest BCUT2D eigenvalue weighted by Gasteiger charge is -2.17. The van der Waals surface area contributed by atoms with Crippen LogP contribution in [0.1, 0.15) is 12.0 Å². The van der Waals surface area contributed by atoms with E-state index in [-0.39, 0.29) is 0 Å². The van der Waals surface area contributed by atoms with Crippen molar-refractivity contribution in [2.75, 3.05) is 44.6 Å². The standard InChI is InChI=1S/C15H24N2OS/c1-17(2)10-12-4-5-15(18-3)14(8-12)16-9-13-6-7-19-11-13/h4-5,8,13,16H,6-7,9-11H2,1-3H3. The molecule has 1 saturated heterocycles. The highest BCUT2D eigenvalue weighted by molar-refractivity contribution is 7.99. The minimum absolute atomic E-state index is 0.798. The molecule has 2 rings (SSSR count). The highest BCUT2D eigenvalue weighted by atomic mass is 32.2. The molecule has 0 bridgehead atoms. The van der Waals surface area contributed by atoms with Crippen molar-refractivity contribution in [2.45, 2.75) is 13.0 Å². The quantitative estimate of drug-likeness (QED) is 0.866. The van der Waals surface area contributed by atoms with Gasteiger partial charge in [0.05, 0.1) is 12.8 Å². The number of hydrogen-bond donors (Lipinski definition) is 1. The van der Waals surface area contributed by atoms with Gasteiger partial charge in [-0.1, -0.05) is 6.07 Å². The van der Waals surface area contributed by atoms with Crippen LogP contribution in [-0.2, 0) is 6.54 Å². The van der Waals surface area contributed by atoms with Crippen LogP contribution < -0.4 is 10.1 Å². The minimum Gasteiger partial charge on any atom is -0.495 e. The summed E-state index contributed by atoms with van der Waals surface area (Å²) in [5.41, 5.74) is 2.44. The van der Waals surface area contributed by atoms with Crippen molar-refractivity contribution in [1.82, 2.24) is 4.90 Å². The van der Waals surface area contributed by atoms with Crippen molar-refractivity contribution in [2.24, 2.45) is 5.92 Å². The summed E-state index contributed by atoms with van der Waals surface area (Å²) in [6, 6.07) is 6.40. The lowest BCUT2D eigenvalue weighted by molar-refractivity contribution is 0.400. The van der Waals surface area contributed by atoms with E-state index < -0.39 is 0 Å². The number of benzene rings is 1. The van der Waals surface area contributed by atoms with Gasteiger partial charge in [-0.2, -0.15) is 11.8 Å². The Morgan fingerprint density at radius 2 is 2.26 bits per heavy atom. The van der Waals surface area contributed by atoms with Crippen LogP contribution >= 0.6 is 11.8 Å². The third kappa shape index (κ3) is 4.32. The van der Waals surface area contributed by atoms with Gasteiger partial charge in [-0.15, -0.1) is 0 Å². The molecule has 1 fully saturated rings. The summed E-state index contributed by atoms with van der Waals surface area (Å²) in [6.07, 6.45) is 1.33. The zero-order chi connectivity index (χ0) is 13.7. The van der Waals surface area contributed by atoms with Crippen LogP contribution in [0.2, 0.25) is 0 Å². The van der Waals surface area contributed by atoms with Crippen LogP contribution in [0.25, 0.3) is 0 Å². The van der Waals surface area contributed by atoms with E-state index in [0.29, 0.717) is 0 Å². The van der Waals surface area contributed by atoms with Gasteiger partial charge >= 0.3 is 0 Å². The van der Waals surface area contributed by atoms with Gasteiger partial charge in [-0.05, 0) is 55.6 Å². The maximum atomic E-state index is 5.44. The Morgan fingerprint density at radius 3 is 2.89 bits per heavy atom. The van der Waals surface area contributed by atoms with Crippen LogP contribution in [0.15, 0.2) is 18.2 Å². The molecule has 1 unspecified atom stereocenters. The molecule has 3 nitrogen and oxygen atoms in total. The monoisotopic (exact) mass is 280 g/mol. The van der Waals surface area contributed by atoms with Crippen molar-refractivity contribution in [1.29, 1.82) is 0 Å². The average molecular weight is 280 g/mol. The Morgan fingerprint density at radius 1 is 1.42 bits per heavy atom. The van der Waals surface area contributed by atoms with Gasteiger partial charge in [0.2, 0.25) is 0 Å². The zero-order valence-electron chi connectivity index (χ0n) is 12.1. The summed E-state index contributed by atoms with van der Waals surface area (Å²) in [5.74, 6) is 4.33. The Hall–Kier alpha value is -0.870. The highest BCUT2D eigenvalue weighted by Gasteiger charge is 2.15. The minimum atomic E-state index is 0.798. The fraction of sp³-hybridized carbons (Fsp3) is 0.600. The third-order valence-electron chi connectivity index (χ3n) is 3.37. The van der Waals surface area contributed by atoms with E-state index in [2.05, 4.69) is 54.3 Å². The van der Waals surface area contributed by atoms with E-state index in [1.54, 1.807) is 7.11 Å². The molecule has 0 radical (unpaired) electrons. The molecule has 0 saturated carbocycles. The van der Waals surface area contributed by atoms with Gasteiger partial charge in [-0.3, -0.25) is 0 Å². The van der Waals surface area contributed by atoms with Gasteiger partial charge in [0.15, 0.2) is 0 Å². The molecule has 1 aliphatic heterocycles. The van der Waals surface area contributed by atoms with Crippen LogP contribution in [-0.4, -0.2) is 44.2 Å². The van der Waals surface area contributed by atoms with Crippen LogP contribution in [0.5, 0.6) is 5.75 Å². The summed E-state index contributed by atoms with van der Waals surface area (Å²) >= 11 is 2.06. The van der Waals surface area contributed by atoms with Crippen molar-refractivity contribution in [3.05, 3.63) is 23.8 Å². The summed E-state index contributed by atoms with van der Waals surface area (Å²) < 4.78 is 5.44. The molecule has 106 valence electrons. The Bertz CT molecular complexity index is 403. The third-order valence-corrected chi connectivity index (χ3v) is 4.60. The van der Waals surface area contributed by atoms with Crippen molar-refractivity contribution < 1.29 is 4.74 Å². The second-order valence-corrected chi connectivity index (χ2v) is 6.53. The summed E-state index contributed by atoms with van der Waals surface area (Å²) in [5, 5.41) is 3.56. The summed E-state index contributed by atoms with van der Waals surface area (Å²) in [7, 11) is 5.91. The second kappa shape index (κ2) is 7.06. The first kappa shape index (κ1) is 14.5. The second-order valence-electron chi connectivity index (χ2n) is 5.38. The van der Waals surface area contributed by atoms with E-state index in [9.17, 15) is 0 Å². The predicted octanol–water partition coefficient (Wildman–Crippen LogP) is 2.92. The molecular weight excluding hydrogens is 256 g/mol. The van der Waals surface area contributed by atoms with Gasteiger partial charge in [0, 0.05) is 13.1 Å². The Balaban J connectivity index is 2.02. The summed E-state index contributed by atoms with van der Waals surface area (Å²) in [4.78, 5) is 2.18. The molecule has 0 aromatic heterocycles. The van der Waals surface area contributed by atoms with Crippen molar-refractivity contribution in [3.63, 3.8) is 0 Å². The molecule has 1 heterocycles. The zero-order valence-corrected chi connectivity index (χ0v) is 12.9. The number of anilines is 1. The molecule has 1 N–H and O–H groups in total. The van der Waals surface area contributed by atoms with Gasteiger partial charge in [0.25, 0.3) is 0 Å². The van der Waals surface area contributed by atoms with E-state index in [1.165, 1.54) is 23.5 Å². The lowest BCUT2D eigenvalue weighted by Crippen LogP contribution is -2.15. The first-order valence-electron chi connectivity index (χ1n) is 6.82. The maximum absolute atomic E-state index is 5.44. The molecule has 4 heteroatoms. The molecule has 19 heavy (non-hydrogen) atoms. The highest BCUT2D eigenvalue weighted by Crippen LogP contribution is 2.28. The Kier molecular flexibility index (Phi) is 5.40. The number of thioether (sulfide) groups is 1. The smallest absolute Gasteiger partial charge is 0.141 e. The van der Waals surface area contributed by atoms with Crippen molar-refractivity contribution >= 4 is 17.4 Å². The molecule has 0 spiro atoms. The van der Waals surface area contributed by atoms with Gasteiger partial charge in [-0.25, -0.2) is 0 Å². The fourth-order valence-electron chi connectivity index (χ4n) is 2.36. The maximum Gasteiger partial charge on any atom is 0.141 e. The molecular formula is C15H24N2OS. The fourth-order valence-corrected chi connectivity index (χ4v) is 3.64. The van der Waals surface area contributed by atoms with E-state index in [0.717, 1.165) is 30.4 Å². The molecule has 0 amide bonds. The van der Waals surface area contributed by atoms with Crippen molar-refractivity contribution in [3.8, 4) is 5.75 Å². The van der Waals surface area contributed by atoms with Crippen LogP contribution in [0.4, 0.5) is 5.69 Å².